The van der Waals surface area contributed by atoms with Gasteiger partial charge in [-0.1, -0.05) is 41.4 Å². The SMILES string of the molecule is CC(C)(N)c1ccc(Nc2c(C(=O)C3CC3)cnc3ccc(-c4cc(Cl)c(O)c(Cl)c4)cc23)cc1.Cl. The van der Waals surface area contributed by atoms with Crippen molar-refractivity contribution >= 4 is 63.7 Å². The van der Waals surface area contributed by atoms with Crippen LogP contribution in [0.25, 0.3) is 22.0 Å². The fourth-order valence-corrected chi connectivity index (χ4v) is 4.61. The number of aromatic nitrogens is 1. The van der Waals surface area contributed by atoms with Crippen molar-refractivity contribution in [2.45, 2.75) is 32.2 Å². The zero-order valence-corrected chi connectivity index (χ0v) is 22.1. The number of carbonyl (C=O) groups is 1. The molecule has 8 heteroatoms. The molecule has 0 spiro atoms. The van der Waals surface area contributed by atoms with Crippen molar-refractivity contribution in [3.63, 3.8) is 0 Å². The van der Waals surface area contributed by atoms with E-state index in [1.165, 1.54) is 0 Å². The molecule has 0 bridgehead atoms. The van der Waals surface area contributed by atoms with E-state index < -0.39 is 5.54 Å². The van der Waals surface area contributed by atoms with Gasteiger partial charge in [0, 0.05) is 28.7 Å². The predicted octanol–water partition coefficient (Wildman–Crippen LogP) is 7.87. The molecule has 36 heavy (non-hydrogen) atoms. The summed E-state index contributed by atoms with van der Waals surface area (Å²) in [4.78, 5) is 17.7. The third kappa shape index (κ3) is 5.16. The predicted molar refractivity (Wildman–Crippen MR) is 150 cm³/mol. The Kier molecular flexibility index (Phi) is 7.22. The molecule has 1 aromatic heterocycles. The second-order valence-electron chi connectivity index (χ2n) is 9.63. The second kappa shape index (κ2) is 9.91. The molecular weight excluding hydrogens is 517 g/mol. The minimum Gasteiger partial charge on any atom is -0.505 e. The van der Waals surface area contributed by atoms with E-state index in [0.29, 0.717) is 11.3 Å². The fourth-order valence-electron chi connectivity index (χ4n) is 4.12. The number of pyridine rings is 1. The van der Waals surface area contributed by atoms with Gasteiger partial charge in [-0.2, -0.15) is 0 Å². The van der Waals surface area contributed by atoms with E-state index in [0.717, 1.165) is 46.1 Å². The van der Waals surface area contributed by atoms with Crippen LogP contribution in [0.15, 0.2) is 60.8 Å². The Bertz CT molecular complexity index is 1440. The van der Waals surface area contributed by atoms with Crippen LogP contribution in [0.5, 0.6) is 5.75 Å². The molecular formula is C28H26Cl3N3O2. The molecule has 186 valence electrons. The van der Waals surface area contributed by atoms with E-state index in [2.05, 4.69) is 10.3 Å². The number of Topliss-reactive ketones (excluding diaryl/α,β-unsaturated/α-hetero) is 1. The summed E-state index contributed by atoms with van der Waals surface area (Å²) in [5.74, 6) is -0.000776. The Morgan fingerprint density at radius 3 is 2.25 bits per heavy atom. The monoisotopic (exact) mass is 541 g/mol. The van der Waals surface area contributed by atoms with Crippen LogP contribution in [0.3, 0.4) is 0 Å². The van der Waals surface area contributed by atoms with E-state index in [4.69, 9.17) is 28.9 Å². The number of carbonyl (C=O) groups excluding carboxylic acids is 1. The van der Waals surface area contributed by atoms with Crippen LogP contribution in [-0.2, 0) is 5.54 Å². The first-order valence-electron chi connectivity index (χ1n) is 11.4. The lowest BCUT2D eigenvalue weighted by molar-refractivity contribution is 0.0968. The van der Waals surface area contributed by atoms with Crippen LogP contribution in [-0.4, -0.2) is 15.9 Å². The van der Waals surface area contributed by atoms with Gasteiger partial charge in [0.25, 0.3) is 0 Å². The normalized spacial score (nSPS) is 13.4. The van der Waals surface area contributed by atoms with Gasteiger partial charge < -0.3 is 16.2 Å². The highest BCUT2D eigenvalue weighted by atomic mass is 35.5. The lowest BCUT2D eigenvalue weighted by atomic mass is 9.95. The van der Waals surface area contributed by atoms with E-state index in [9.17, 15) is 9.90 Å². The maximum atomic E-state index is 13.2. The molecule has 5 nitrogen and oxygen atoms in total. The van der Waals surface area contributed by atoms with Gasteiger partial charge in [-0.05, 0) is 79.8 Å². The van der Waals surface area contributed by atoms with Gasteiger partial charge in [0.15, 0.2) is 11.5 Å². The zero-order valence-electron chi connectivity index (χ0n) is 19.8. The summed E-state index contributed by atoms with van der Waals surface area (Å²) in [6.07, 6.45) is 3.47. The van der Waals surface area contributed by atoms with E-state index in [1.807, 2.05) is 56.3 Å². The van der Waals surface area contributed by atoms with E-state index in [-0.39, 0.29) is 39.9 Å². The van der Waals surface area contributed by atoms with Gasteiger partial charge in [-0.15, -0.1) is 12.4 Å². The average molecular weight is 543 g/mol. The third-order valence-corrected chi connectivity index (χ3v) is 6.91. The number of anilines is 2. The minimum atomic E-state index is -0.448. The standard InChI is InChI=1S/C28H25Cl2N3O2.ClH/c1-28(2,31)18-6-8-19(9-7-18)33-25-20-11-16(17-12-22(29)27(35)23(30)13-17)5-10-24(20)32-14-21(25)26(34)15-3-4-15;/h5-15,35H,3-4,31H2,1-2H3,(H,32,33);1H. The smallest absolute Gasteiger partial charge is 0.169 e. The number of hydrogen-bond acceptors (Lipinski definition) is 5. The number of hydrogen-bond donors (Lipinski definition) is 3. The molecule has 1 aliphatic carbocycles. The van der Waals surface area contributed by atoms with Crippen molar-refractivity contribution in [3.8, 4) is 16.9 Å². The first-order valence-corrected chi connectivity index (χ1v) is 12.2. The number of phenolic OH excluding ortho intramolecular Hbond substituents is 1. The fraction of sp³-hybridized carbons (Fsp3) is 0.214. The summed E-state index contributed by atoms with van der Waals surface area (Å²) in [5.41, 5.74) is 11.3. The maximum absolute atomic E-state index is 13.2. The van der Waals surface area contributed by atoms with E-state index in [1.54, 1.807) is 18.3 Å². The van der Waals surface area contributed by atoms with Crippen LogP contribution in [0.2, 0.25) is 10.0 Å². The highest BCUT2D eigenvalue weighted by Gasteiger charge is 2.32. The van der Waals surface area contributed by atoms with Crippen molar-refractivity contribution < 1.29 is 9.90 Å². The van der Waals surface area contributed by atoms with Gasteiger partial charge in [0.2, 0.25) is 0 Å². The van der Waals surface area contributed by atoms with Gasteiger partial charge >= 0.3 is 0 Å². The van der Waals surface area contributed by atoms with Gasteiger partial charge in [-0.3, -0.25) is 9.78 Å². The van der Waals surface area contributed by atoms with Crippen molar-refractivity contribution in [2.24, 2.45) is 11.7 Å². The molecule has 1 heterocycles. The first kappa shape index (κ1) is 26.2. The average Bonchev–Trinajstić information content (AvgIpc) is 3.67. The molecule has 4 N–H and O–H groups in total. The van der Waals surface area contributed by atoms with Crippen LogP contribution in [0.4, 0.5) is 11.4 Å². The molecule has 3 aromatic carbocycles. The number of fused-ring (bicyclic) bond motifs is 1. The summed E-state index contributed by atoms with van der Waals surface area (Å²) in [6.45, 7) is 3.92. The summed E-state index contributed by atoms with van der Waals surface area (Å²) in [6, 6.07) is 17.0. The number of halogens is 3. The summed E-state index contributed by atoms with van der Waals surface area (Å²) < 4.78 is 0. The van der Waals surface area contributed by atoms with Crippen LogP contribution >= 0.6 is 35.6 Å². The molecule has 0 unspecified atom stereocenters. The zero-order chi connectivity index (χ0) is 24.9. The van der Waals surface area contributed by atoms with Crippen LogP contribution < -0.4 is 11.1 Å². The van der Waals surface area contributed by atoms with E-state index >= 15 is 0 Å². The van der Waals surface area contributed by atoms with Crippen LogP contribution in [0, 0.1) is 5.92 Å². The molecule has 1 fully saturated rings. The Morgan fingerprint density at radius 2 is 1.67 bits per heavy atom. The summed E-state index contributed by atoms with van der Waals surface area (Å²) in [5, 5.41) is 14.6. The third-order valence-electron chi connectivity index (χ3n) is 6.33. The number of benzene rings is 3. The number of nitrogens with two attached hydrogens (primary N) is 1. The highest BCUT2D eigenvalue weighted by molar-refractivity contribution is 6.37. The first-order chi connectivity index (χ1) is 16.6. The number of rotatable bonds is 6. The van der Waals surface area contributed by atoms with Crippen LogP contribution in [0.1, 0.15) is 42.6 Å². The Labute approximate surface area is 226 Å². The summed E-state index contributed by atoms with van der Waals surface area (Å²) in [7, 11) is 0. The lowest BCUT2D eigenvalue weighted by Gasteiger charge is -2.20. The summed E-state index contributed by atoms with van der Waals surface area (Å²) >= 11 is 12.3. The largest absolute Gasteiger partial charge is 0.505 e. The minimum absolute atomic E-state index is 0. The van der Waals surface area contributed by atoms with Crippen molar-refractivity contribution in [1.82, 2.24) is 4.98 Å². The highest BCUT2D eigenvalue weighted by Crippen LogP contribution is 2.40. The Hall–Kier alpha value is -2.83. The molecule has 0 atom stereocenters. The Morgan fingerprint density at radius 1 is 1.03 bits per heavy atom. The molecule has 0 saturated heterocycles. The number of nitrogens with zero attached hydrogens (tertiary/aromatic N) is 1. The second-order valence-corrected chi connectivity index (χ2v) is 10.4. The molecule has 0 radical (unpaired) electrons. The maximum Gasteiger partial charge on any atom is 0.169 e. The Balaban J connectivity index is 0.00000304. The molecule has 1 saturated carbocycles. The van der Waals surface area contributed by atoms with Gasteiger partial charge in [0.05, 0.1) is 26.8 Å². The number of nitrogens with one attached hydrogen (secondary N) is 1. The van der Waals surface area contributed by atoms with Gasteiger partial charge in [0.1, 0.15) is 0 Å². The van der Waals surface area contributed by atoms with Crippen molar-refractivity contribution in [1.29, 1.82) is 0 Å². The van der Waals surface area contributed by atoms with Crippen molar-refractivity contribution in [3.05, 3.63) is 82.0 Å². The quantitative estimate of drug-likeness (QED) is 0.216. The number of aromatic hydroxyl groups is 1. The molecule has 4 aromatic rings. The number of phenols is 1. The van der Waals surface area contributed by atoms with Crippen molar-refractivity contribution in [2.75, 3.05) is 5.32 Å². The molecule has 0 amide bonds. The topological polar surface area (TPSA) is 88.2 Å². The lowest BCUT2D eigenvalue weighted by Crippen LogP contribution is -2.28. The van der Waals surface area contributed by atoms with Gasteiger partial charge in [-0.25, -0.2) is 0 Å². The molecule has 1 aliphatic rings. The molecule has 0 aliphatic heterocycles. The molecule has 5 rings (SSSR count). The number of ketones is 1.